The Bertz CT molecular complexity index is 1220. The van der Waals surface area contributed by atoms with Gasteiger partial charge in [-0.1, -0.05) is 66.7 Å². The van der Waals surface area contributed by atoms with Gasteiger partial charge in [-0.3, -0.25) is 9.48 Å². The third-order valence-electron chi connectivity index (χ3n) is 6.00. The highest BCUT2D eigenvalue weighted by Gasteiger charge is 2.29. The summed E-state index contributed by atoms with van der Waals surface area (Å²) in [4.78, 5) is 14.9. The Balaban J connectivity index is 1.27. The van der Waals surface area contributed by atoms with E-state index in [0.29, 0.717) is 18.8 Å². The number of hydrogen-bond acceptors (Lipinski definition) is 3. The molecule has 0 spiro atoms. The van der Waals surface area contributed by atoms with E-state index in [-0.39, 0.29) is 18.4 Å². The van der Waals surface area contributed by atoms with Crippen molar-refractivity contribution in [2.45, 2.75) is 12.5 Å². The van der Waals surface area contributed by atoms with E-state index in [4.69, 9.17) is 4.74 Å². The van der Waals surface area contributed by atoms with Crippen molar-refractivity contribution in [3.05, 3.63) is 108 Å². The van der Waals surface area contributed by atoms with Crippen molar-refractivity contribution in [3.63, 3.8) is 0 Å². The van der Waals surface area contributed by atoms with Gasteiger partial charge in [-0.05, 0) is 39.9 Å². The Morgan fingerprint density at radius 3 is 2.44 bits per heavy atom. The number of nitrogens with zero attached hydrogens (tertiary/aromatic N) is 3. The van der Waals surface area contributed by atoms with Crippen LogP contribution in [-0.4, -0.2) is 33.7 Å². The van der Waals surface area contributed by atoms with Crippen molar-refractivity contribution >= 4 is 5.91 Å². The summed E-state index contributed by atoms with van der Waals surface area (Å²) in [6, 6.07) is 26.4. The molecule has 4 aromatic rings. The van der Waals surface area contributed by atoms with Crippen LogP contribution in [-0.2, 0) is 18.4 Å². The molecule has 0 N–H and O–H groups in total. The number of aryl methyl sites for hydroxylation is 1. The lowest BCUT2D eigenvalue weighted by Gasteiger charge is -2.34. The minimum atomic E-state index is -0.0134. The summed E-state index contributed by atoms with van der Waals surface area (Å²) in [6.07, 6.45) is 3.92. The largest absolute Gasteiger partial charge is 0.484 e. The first-order valence-electron chi connectivity index (χ1n) is 10.8. The van der Waals surface area contributed by atoms with Crippen LogP contribution in [0.4, 0.5) is 0 Å². The first-order chi connectivity index (χ1) is 15.7. The molecule has 5 nitrogen and oxygen atoms in total. The minimum absolute atomic E-state index is 0.0134. The zero-order valence-corrected chi connectivity index (χ0v) is 18.0. The Labute approximate surface area is 187 Å². The Hall–Kier alpha value is -3.86. The van der Waals surface area contributed by atoms with Crippen LogP contribution in [0.25, 0.3) is 11.1 Å². The van der Waals surface area contributed by atoms with E-state index in [1.165, 1.54) is 11.1 Å². The quantitative estimate of drug-likeness (QED) is 0.470. The summed E-state index contributed by atoms with van der Waals surface area (Å²) in [5.41, 5.74) is 5.84. The molecule has 0 fully saturated rings. The zero-order valence-electron chi connectivity index (χ0n) is 18.0. The van der Waals surface area contributed by atoms with Gasteiger partial charge < -0.3 is 9.64 Å². The molecule has 160 valence electrons. The summed E-state index contributed by atoms with van der Waals surface area (Å²) in [5, 5.41) is 4.33. The Morgan fingerprint density at radius 2 is 1.69 bits per heavy atom. The zero-order chi connectivity index (χ0) is 21.9. The third-order valence-corrected chi connectivity index (χ3v) is 6.00. The number of ether oxygens (including phenoxy) is 1. The molecule has 1 aromatic heterocycles. The van der Waals surface area contributed by atoms with Gasteiger partial charge in [-0.25, -0.2) is 0 Å². The molecule has 0 saturated heterocycles. The predicted molar refractivity (Wildman–Crippen MR) is 124 cm³/mol. The standard InChI is InChI=1S/C27H25N3O2/c1-29-16-23(15-28-29)26-18-30(17-22-9-5-6-10-25(22)26)27(31)19-32-24-13-11-21(12-14-24)20-7-3-2-4-8-20/h2-16,26H,17-19H2,1H3. The van der Waals surface area contributed by atoms with Crippen LogP contribution < -0.4 is 4.74 Å². The van der Waals surface area contributed by atoms with Crippen LogP contribution in [0.15, 0.2) is 91.3 Å². The molecular weight excluding hydrogens is 398 g/mol. The monoisotopic (exact) mass is 423 g/mol. The van der Waals surface area contributed by atoms with Crippen LogP contribution in [0, 0.1) is 0 Å². The first kappa shape index (κ1) is 20.1. The van der Waals surface area contributed by atoms with Gasteiger partial charge in [0.25, 0.3) is 5.91 Å². The molecule has 32 heavy (non-hydrogen) atoms. The maximum absolute atomic E-state index is 13.0. The number of amides is 1. The van der Waals surface area contributed by atoms with E-state index in [2.05, 4.69) is 35.4 Å². The van der Waals surface area contributed by atoms with Crippen molar-refractivity contribution in [1.29, 1.82) is 0 Å². The molecule has 1 amide bonds. The second kappa shape index (κ2) is 8.71. The summed E-state index contributed by atoms with van der Waals surface area (Å²) < 4.78 is 7.64. The highest BCUT2D eigenvalue weighted by atomic mass is 16.5. The average molecular weight is 424 g/mol. The molecule has 2 heterocycles. The summed E-state index contributed by atoms with van der Waals surface area (Å²) >= 11 is 0. The Morgan fingerprint density at radius 1 is 0.969 bits per heavy atom. The lowest BCUT2D eigenvalue weighted by molar-refractivity contribution is -0.134. The van der Waals surface area contributed by atoms with Gasteiger partial charge in [-0.15, -0.1) is 0 Å². The third kappa shape index (κ3) is 4.14. The van der Waals surface area contributed by atoms with Crippen molar-refractivity contribution < 1.29 is 9.53 Å². The molecule has 5 heteroatoms. The van der Waals surface area contributed by atoms with Gasteiger partial charge in [0.05, 0.1) is 6.20 Å². The average Bonchev–Trinajstić information content (AvgIpc) is 3.28. The summed E-state index contributed by atoms with van der Waals surface area (Å²) in [7, 11) is 1.91. The van der Waals surface area contributed by atoms with Crippen LogP contribution in [0.5, 0.6) is 5.75 Å². The smallest absolute Gasteiger partial charge is 0.260 e. The molecule has 0 bridgehead atoms. The van der Waals surface area contributed by atoms with Gasteiger partial charge in [0, 0.05) is 32.3 Å². The first-order valence-corrected chi connectivity index (χ1v) is 10.8. The van der Waals surface area contributed by atoms with Gasteiger partial charge in [0.1, 0.15) is 5.75 Å². The van der Waals surface area contributed by atoms with Crippen molar-refractivity contribution in [3.8, 4) is 16.9 Å². The number of aromatic nitrogens is 2. The number of hydrogen-bond donors (Lipinski definition) is 0. The molecule has 1 aliphatic heterocycles. The van der Waals surface area contributed by atoms with E-state index < -0.39 is 0 Å². The van der Waals surface area contributed by atoms with E-state index >= 15 is 0 Å². The molecule has 3 aromatic carbocycles. The highest BCUT2D eigenvalue weighted by molar-refractivity contribution is 5.78. The SMILES string of the molecule is Cn1cc(C2CN(C(=O)COc3ccc(-c4ccccc4)cc3)Cc3ccccc32)cn1. The van der Waals surface area contributed by atoms with E-state index in [1.54, 1.807) is 4.68 Å². The van der Waals surface area contributed by atoms with Crippen LogP contribution in [0.3, 0.4) is 0 Å². The predicted octanol–water partition coefficient (Wildman–Crippen LogP) is 4.64. The fourth-order valence-corrected chi connectivity index (χ4v) is 4.31. The number of carbonyl (C=O) groups excluding carboxylic acids is 1. The van der Waals surface area contributed by atoms with Crippen LogP contribution in [0.1, 0.15) is 22.6 Å². The number of carbonyl (C=O) groups is 1. The lowest BCUT2D eigenvalue weighted by Crippen LogP contribution is -2.41. The topological polar surface area (TPSA) is 47.4 Å². The van der Waals surface area contributed by atoms with Gasteiger partial charge in [0.2, 0.25) is 0 Å². The van der Waals surface area contributed by atoms with E-state index in [9.17, 15) is 4.79 Å². The molecular formula is C27H25N3O2. The van der Waals surface area contributed by atoms with Gasteiger partial charge in [0.15, 0.2) is 6.61 Å². The van der Waals surface area contributed by atoms with Crippen LogP contribution in [0.2, 0.25) is 0 Å². The Kier molecular flexibility index (Phi) is 5.46. The molecule has 0 saturated carbocycles. The molecule has 1 aliphatic rings. The normalized spacial score (nSPS) is 15.3. The number of rotatable bonds is 5. The number of benzene rings is 3. The maximum atomic E-state index is 13.0. The summed E-state index contributed by atoms with van der Waals surface area (Å²) in [6.45, 7) is 1.24. The highest BCUT2D eigenvalue weighted by Crippen LogP contribution is 2.33. The second-order valence-electron chi connectivity index (χ2n) is 8.15. The molecule has 0 aliphatic carbocycles. The molecule has 1 atom stereocenters. The molecule has 1 unspecified atom stereocenters. The van der Waals surface area contributed by atoms with Gasteiger partial charge >= 0.3 is 0 Å². The minimum Gasteiger partial charge on any atom is -0.484 e. The number of fused-ring (bicyclic) bond motifs is 1. The van der Waals surface area contributed by atoms with E-state index in [1.807, 2.05) is 72.9 Å². The van der Waals surface area contributed by atoms with Gasteiger partial charge in [-0.2, -0.15) is 5.10 Å². The van der Waals surface area contributed by atoms with Crippen molar-refractivity contribution in [1.82, 2.24) is 14.7 Å². The fraction of sp³-hybridized carbons (Fsp3) is 0.185. The van der Waals surface area contributed by atoms with Crippen LogP contribution >= 0.6 is 0 Å². The fourth-order valence-electron chi connectivity index (χ4n) is 4.31. The summed E-state index contributed by atoms with van der Waals surface area (Å²) in [5.74, 6) is 0.794. The maximum Gasteiger partial charge on any atom is 0.260 e. The molecule has 5 rings (SSSR count). The van der Waals surface area contributed by atoms with E-state index in [0.717, 1.165) is 16.7 Å². The van der Waals surface area contributed by atoms with Crippen molar-refractivity contribution in [2.75, 3.05) is 13.2 Å². The van der Waals surface area contributed by atoms with Crippen molar-refractivity contribution in [2.24, 2.45) is 7.05 Å². The molecule has 0 radical (unpaired) electrons. The second-order valence-corrected chi connectivity index (χ2v) is 8.15. The lowest BCUT2D eigenvalue weighted by atomic mass is 9.86.